The largest absolute Gasteiger partial charge is 0.507 e. The van der Waals surface area contributed by atoms with E-state index in [1.165, 1.54) is 0 Å². The van der Waals surface area contributed by atoms with Crippen molar-refractivity contribution in [3.05, 3.63) is 65.2 Å². The Kier molecular flexibility index (Phi) is 5.61. The molecular formula is C21H19N3O4. The van der Waals surface area contributed by atoms with Crippen molar-refractivity contribution < 1.29 is 19.4 Å². The lowest BCUT2D eigenvalue weighted by Gasteiger charge is -2.11. The van der Waals surface area contributed by atoms with Crippen molar-refractivity contribution in [1.29, 1.82) is 5.26 Å². The van der Waals surface area contributed by atoms with Gasteiger partial charge in [-0.15, -0.1) is 0 Å². The molecule has 142 valence electrons. The van der Waals surface area contributed by atoms with Gasteiger partial charge >= 0.3 is 5.97 Å². The summed E-state index contributed by atoms with van der Waals surface area (Å²) in [4.78, 5) is 19.2. The second kappa shape index (κ2) is 8.27. The maximum atomic E-state index is 11.9. The van der Waals surface area contributed by atoms with Crippen molar-refractivity contribution in [3.63, 3.8) is 0 Å². The number of imidazole rings is 1. The first-order chi connectivity index (χ1) is 13.5. The molecule has 3 rings (SSSR count). The maximum Gasteiger partial charge on any atom is 0.344 e. The molecule has 1 heterocycles. The number of aryl methyl sites for hydroxylation is 2. The molecule has 0 atom stereocenters. The van der Waals surface area contributed by atoms with E-state index in [9.17, 15) is 15.2 Å². The van der Waals surface area contributed by atoms with E-state index in [-0.39, 0.29) is 23.8 Å². The number of aromatic nitrogens is 2. The standard InChI is InChI=1S/C21H19N3O4/c1-13-6-5-7-14(2)20(13)28-12-19(26)27-11-18(25)15(10-22)21-23-16-8-3-4-9-17(16)24-21/h3-9,25H,11-12H2,1-2H3,(H,23,24)/b18-15+. The second-order valence-electron chi connectivity index (χ2n) is 6.21. The molecule has 1 aromatic heterocycles. The van der Waals surface area contributed by atoms with Crippen LogP contribution in [0.5, 0.6) is 5.75 Å². The molecular weight excluding hydrogens is 358 g/mol. The van der Waals surface area contributed by atoms with Gasteiger partial charge in [-0.2, -0.15) is 5.26 Å². The zero-order valence-corrected chi connectivity index (χ0v) is 15.5. The highest BCUT2D eigenvalue weighted by Crippen LogP contribution is 2.22. The van der Waals surface area contributed by atoms with Gasteiger partial charge in [0.05, 0.1) is 11.0 Å². The Hall–Kier alpha value is -3.79. The molecule has 0 spiro atoms. The van der Waals surface area contributed by atoms with E-state index >= 15 is 0 Å². The average molecular weight is 377 g/mol. The third-order valence-electron chi connectivity index (χ3n) is 4.14. The Morgan fingerprint density at radius 1 is 1.14 bits per heavy atom. The van der Waals surface area contributed by atoms with Gasteiger partial charge < -0.3 is 19.6 Å². The van der Waals surface area contributed by atoms with Crippen molar-refractivity contribution >= 4 is 22.6 Å². The summed E-state index contributed by atoms with van der Waals surface area (Å²) >= 11 is 0. The lowest BCUT2D eigenvalue weighted by Crippen LogP contribution is -2.17. The Morgan fingerprint density at radius 3 is 2.54 bits per heavy atom. The third kappa shape index (κ3) is 4.13. The van der Waals surface area contributed by atoms with Crippen LogP contribution in [0.1, 0.15) is 17.0 Å². The number of hydrogen-bond donors (Lipinski definition) is 2. The number of nitriles is 1. The molecule has 0 unspecified atom stereocenters. The molecule has 0 saturated carbocycles. The summed E-state index contributed by atoms with van der Waals surface area (Å²) in [6.07, 6.45) is 0. The number of esters is 1. The van der Waals surface area contributed by atoms with Crippen LogP contribution >= 0.6 is 0 Å². The molecule has 3 aromatic rings. The number of fused-ring (bicyclic) bond motifs is 1. The zero-order chi connectivity index (χ0) is 20.1. The van der Waals surface area contributed by atoms with Gasteiger partial charge in [0.15, 0.2) is 18.2 Å². The topological polar surface area (TPSA) is 108 Å². The van der Waals surface area contributed by atoms with Gasteiger partial charge in [-0.25, -0.2) is 9.78 Å². The molecule has 2 aromatic carbocycles. The summed E-state index contributed by atoms with van der Waals surface area (Å²) in [5, 5.41) is 19.5. The summed E-state index contributed by atoms with van der Waals surface area (Å²) in [6.45, 7) is 3.02. The Morgan fingerprint density at radius 2 is 1.86 bits per heavy atom. The van der Waals surface area contributed by atoms with Crippen LogP contribution in [0.2, 0.25) is 0 Å². The molecule has 2 N–H and O–H groups in total. The van der Waals surface area contributed by atoms with E-state index in [4.69, 9.17) is 9.47 Å². The molecule has 0 aliphatic heterocycles. The summed E-state index contributed by atoms with van der Waals surface area (Å²) < 4.78 is 10.5. The van der Waals surface area contributed by atoms with Crippen molar-refractivity contribution in [1.82, 2.24) is 9.97 Å². The van der Waals surface area contributed by atoms with Gasteiger partial charge in [0.2, 0.25) is 0 Å². The van der Waals surface area contributed by atoms with Gasteiger partial charge in [-0.1, -0.05) is 30.3 Å². The van der Waals surface area contributed by atoms with Crippen LogP contribution in [-0.4, -0.2) is 34.3 Å². The number of rotatable bonds is 6. The average Bonchev–Trinajstić information content (AvgIpc) is 3.10. The minimum atomic E-state index is -0.656. The predicted molar refractivity (Wildman–Crippen MR) is 104 cm³/mol. The Balaban J connectivity index is 1.65. The lowest BCUT2D eigenvalue weighted by atomic mass is 10.1. The number of nitrogens with zero attached hydrogens (tertiary/aromatic N) is 2. The predicted octanol–water partition coefficient (Wildman–Crippen LogP) is 3.59. The minimum Gasteiger partial charge on any atom is -0.507 e. The number of aliphatic hydroxyl groups is 1. The molecule has 0 bridgehead atoms. The van der Waals surface area contributed by atoms with Crippen LogP contribution in [0, 0.1) is 25.2 Å². The number of nitrogens with one attached hydrogen (secondary N) is 1. The molecule has 0 amide bonds. The first kappa shape index (κ1) is 19.0. The molecule has 7 heteroatoms. The minimum absolute atomic E-state index is 0.0836. The van der Waals surface area contributed by atoms with Gasteiger partial charge in [0.25, 0.3) is 0 Å². The monoisotopic (exact) mass is 377 g/mol. The van der Waals surface area contributed by atoms with Gasteiger partial charge in [-0.05, 0) is 37.1 Å². The fourth-order valence-electron chi connectivity index (χ4n) is 2.75. The number of hydrogen-bond acceptors (Lipinski definition) is 6. The molecule has 7 nitrogen and oxygen atoms in total. The van der Waals surface area contributed by atoms with Gasteiger partial charge in [0.1, 0.15) is 24.0 Å². The SMILES string of the molecule is Cc1cccc(C)c1OCC(=O)OC/C(O)=C(/C#N)c1nc2ccccc2[nH]1. The van der Waals surface area contributed by atoms with Gasteiger partial charge in [-0.3, -0.25) is 0 Å². The van der Waals surface area contributed by atoms with E-state index < -0.39 is 12.6 Å². The number of ether oxygens (including phenoxy) is 2. The molecule has 0 fully saturated rings. The highest BCUT2D eigenvalue weighted by atomic mass is 16.6. The van der Waals surface area contributed by atoms with Crippen molar-refractivity contribution in [2.24, 2.45) is 0 Å². The highest BCUT2D eigenvalue weighted by Gasteiger charge is 2.15. The van der Waals surface area contributed by atoms with E-state index in [0.717, 1.165) is 16.6 Å². The number of aromatic amines is 1. The number of allylic oxidation sites excluding steroid dienone is 1. The van der Waals surface area contributed by atoms with E-state index in [2.05, 4.69) is 9.97 Å². The first-order valence-corrected chi connectivity index (χ1v) is 8.61. The van der Waals surface area contributed by atoms with Crippen LogP contribution in [0.25, 0.3) is 16.6 Å². The van der Waals surface area contributed by atoms with Crippen molar-refractivity contribution in [2.75, 3.05) is 13.2 Å². The van der Waals surface area contributed by atoms with Crippen LogP contribution in [0.15, 0.2) is 48.2 Å². The summed E-state index contributed by atoms with van der Waals surface area (Å²) in [5.41, 5.74) is 3.13. The second-order valence-corrected chi connectivity index (χ2v) is 6.21. The Labute approximate surface area is 161 Å². The summed E-state index contributed by atoms with van der Waals surface area (Å²) in [7, 11) is 0. The number of carbonyl (C=O) groups is 1. The fraction of sp³-hybridized carbons (Fsp3) is 0.190. The molecule has 0 radical (unpaired) electrons. The quantitative estimate of drug-likeness (QED) is 0.386. The summed E-state index contributed by atoms with van der Waals surface area (Å²) in [6, 6.07) is 14.8. The lowest BCUT2D eigenvalue weighted by molar-refractivity contribution is -0.145. The highest BCUT2D eigenvalue weighted by molar-refractivity contribution is 5.83. The molecule has 28 heavy (non-hydrogen) atoms. The fourth-order valence-corrected chi connectivity index (χ4v) is 2.75. The number of para-hydroxylation sites is 3. The first-order valence-electron chi connectivity index (χ1n) is 8.61. The summed E-state index contributed by atoms with van der Waals surface area (Å²) in [5.74, 6) is -0.207. The number of aliphatic hydroxyl groups excluding tert-OH is 1. The van der Waals surface area contributed by atoms with Gasteiger partial charge in [0, 0.05) is 0 Å². The molecule has 0 aliphatic rings. The number of carbonyl (C=O) groups excluding carboxylic acids is 1. The van der Waals surface area contributed by atoms with E-state index in [0.29, 0.717) is 11.3 Å². The smallest absolute Gasteiger partial charge is 0.344 e. The zero-order valence-electron chi connectivity index (χ0n) is 15.5. The maximum absolute atomic E-state index is 11.9. The van der Waals surface area contributed by atoms with Crippen LogP contribution in [0.3, 0.4) is 0 Å². The third-order valence-corrected chi connectivity index (χ3v) is 4.14. The number of benzene rings is 2. The Bertz CT molecular complexity index is 1040. The van der Waals surface area contributed by atoms with Crippen molar-refractivity contribution in [3.8, 4) is 11.8 Å². The van der Waals surface area contributed by atoms with E-state index in [1.807, 2.05) is 56.3 Å². The normalized spacial score (nSPS) is 11.6. The van der Waals surface area contributed by atoms with Crippen molar-refractivity contribution in [2.45, 2.75) is 13.8 Å². The van der Waals surface area contributed by atoms with E-state index in [1.54, 1.807) is 6.07 Å². The van der Waals surface area contributed by atoms with Crippen LogP contribution in [0.4, 0.5) is 0 Å². The van der Waals surface area contributed by atoms with Crippen LogP contribution in [-0.2, 0) is 9.53 Å². The number of H-pyrrole nitrogens is 1. The molecule has 0 saturated heterocycles. The molecule has 0 aliphatic carbocycles. The van der Waals surface area contributed by atoms with Crippen LogP contribution < -0.4 is 4.74 Å².